The van der Waals surface area contributed by atoms with Gasteiger partial charge in [-0.15, -0.1) is 0 Å². The number of carbonyl (C=O) groups is 2. The fourth-order valence-electron chi connectivity index (χ4n) is 3.67. The first-order chi connectivity index (χ1) is 11.0. The second-order valence-electron chi connectivity index (χ2n) is 6.60. The number of carbonyl (C=O) groups excluding carboxylic acids is 1. The molecule has 1 aromatic carbocycles. The molecule has 2 aliphatic rings. The van der Waals surface area contributed by atoms with Crippen LogP contribution in [0.4, 0.5) is 0 Å². The minimum absolute atomic E-state index is 0.00396. The van der Waals surface area contributed by atoms with Crippen LogP contribution in [0.5, 0.6) is 0 Å². The zero-order valence-corrected chi connectivity index (χ0v) is 13.5. The van der Waals surface area contributed by atoms with E-state index < -0.39 is 11.4 Å². The maximum Gasteiger partial charge on any atom is 0.311 e. The fraction of sp³-hybridized carbons (Fsp3) is 0.556. The highest BCUT2D eigenvalue weighted by Crippen LogP contribution is 2.42. The van der Waals surface area contributed by atoms with Crippen LogP contribution in [-0.2, 0) is 27.2 Å². The molecule has 2 saturated heterocycles. The van der Waals surface area contributed by atoms with E-state index in [0.717, 1.165) is 12.0 Å². The number of carboxylic acid groups (broad SMARTS) is 1. The van der Waals surface area contributed by atoms with E-state index in [4.69, 9.17) is 4.74 Å². The summed E-state index contributed by atoms with van der Waals surface area (Å²) in [6.45, 7) is 3.78. The predicted octanol–water partition coefficient (Wildman–Crippen LogP) is 1.74. The minimum Gasteiger partial charge on any atom is -0.481 e. The van der Waals surface area contributed by atoms with Crippen molar-refractivity contribution in [2.75, 3.05) is 26.3 Å². The van der Waals surface area contributed by atoms with Crippen molar-refractivity contribution in [3.05, 3.63) is 35.4 Å². The zero-order chi connectivity index (χ0) is 16.4. The molecule has 0 aromatic heterocycles. The SMILES string of the molecule is CCc1ccc(CC(=O)N2C[C@H]3COCC[C@@]3(C(=O)O)C2)cc1. The van der Waals surface area contributed by atoms with Gasteiger partial charge in [0.25, 0.3) is 0 Å². The van der Waals surface area contributed by atoms with Gasteiger partial charge in [-0.2, -0.15) is 0 Å². The van der Waals surface area contributed by atoms with Crippen LogP contribution < -0.4 is 0 Å². The van der Waals surface area contributed by atoms with E-state index in [9.17, 15) is 14.7 Å². The lowest BCUT2D eigenvalue weighted by Crippen LogP contribution is -2.45. The van der Waals surface area contributed by atoms with Gasteiger partial charge >= 0.3 is 5.97 Å². The van der Waals surface area contributed by atoms with Crippen LogP contribution in [0.2, 0.25) is 0 Å². The summed E-state index contributed by atoms with van der Waals surface area (Å²) in [5, 5.41) is 9.65. The Balaban J connectivity index is 1.69. The van der Waals surface area contributed by atoms with E-state index in [0.29, 0.717) is 39.1 Å². The monoisotopic (exact) mass is 317 g/mol. The largest absolute Gasteiger partial charge is 0.481 e. The van der Waals surface area contributed by atoms with Crippen LogP contribution in [0.1, 0.15) is 24.5 Å². The number of likely N-dealkylation sites (tertiary alicyclic amines) is 1. The molecule has 2 atom stereocenters. The summed E-state index contributed by atoms with van der Waals surface area (Å²) in [6.07, 6.45) is 1.79. The standard InChI is InChI=1S/C18H23NO4/c1-2-13-3-5-14(6-4-13)9-16(20)19-10-15-11-23-8-7-18(15,12-19)17(21)22/h3-6,15H,2,7-12H2,1H3,(H,21,22)/t15-,18+/m0/s1. The minimum atomic E-state index is -0.819. The summed E-state index contributed by atoms with van der Waals surface area (Å²) < 4.78 is 5.43. The van der Waals surface area contributed by atoms with Gasteiger partial charge < -0.3 is 14.7 Å². The number of rotatable bonds is 4. The summed E-state index contributed by atoms with van der Waals surface area (Å²) >= 11 is 0. The third kappa shape index (κ3) is 2.98. The second-order valence-corrected chi connectivity index (χ2v) is 6.60. The van der Waals surface area contributed by atoms with Gasteiger partial charge in [-0.3, -0.25) is 9.59 Å². The number of aliphatic carboxylic acids is 1. The smallest absolute Gasteiger partial charge is 0.311 e. The topological polar surface area (TPSA) is 66.8 Å². The molecule has 0 bridgehead atoms. The van der Waals surface area contributed by atoms with Crippen molar-refractivity contribution in [1.82, 2.24) is 4.90 Å². The molecule has 2 fully saturated rings. The molecule has 1 aromatic rings. The van der Waals surface area contributed by atoms with Crippen LogP contribution >= 0.6 is 0 Å². The van der Waals surface area contributed by atoms with E-state index in [1.165, 1.54) is 5.56 Å². The molecular formula is C18H23NO4. The molecule has 3 rings (SSSR count). The molecule has 5 heteroatoms. The molecule has 0 unspecified atom stereocenters. The van der Waals surface area contributed by atoms with Crippen molar-refractivity contribution in [3.63, 3.8) is 0 Å². The number of benzene rings is 1. The Morgan fingerprint density at radius 3 is 2.61 bits per heavy atom. The normalized spacial score (nSPS) is 26.8. The van der Waals surface area contributed by atoms with Crippen molar-refractivity contribution in [2.24, 2.45) is 11.3 Å². The van der Waals surface area contributed by atoms with Gasteiger partial charge in [-0.1, -0.05) is 31.2 Å². The molecule has 124 valence electrons. The summed E-state index contributed by atoms with van der Waals surface area (Å²) in [4.78, 5) is 26.0. The lowest BCUT2D eigenvalue weighted by molar-refractivity contribution is -0.157. The van der Waals surface area contributed by atoms with E-state index in [-0.39, 0.29) is 11.8 Å². The fourth-order valence-corrected chi connectivity index (χ4v) is 3.67. The van der Waals surface area contributed by atoms with E-state index in [1.807, 2.05) is 24.3 Å². The first-order valence-electron chi connectivity index (χ1n) is 8.22. The maximum absolute atomic E-state index is 12.6. The van der Waals surface area contributed by atoms with Crippen molar-refractivity contribution >= 4 is 11.9 Å². The number of carboxylic acids is 1. The number of amides is 1. The van der Waals surface area contributed by atoms with Crippen LogP contribution in [0.15, 0.2) is 24.3 Å². The highest BCUT2D eigenvalue weighted by molar-refractivity contribution is 5.82. The highest BCUT2D eigenvalue weighted by atomic mass is 16.5. The van der Waals surface area contributed by atoms with Crippen LogP contribution in [0.3, 0.4) is 0 Å². The summed E-state index contributed by atoms with van der Waals surface area (Å²) in [5.74, 6) is -0.891. The molecule has 23 heavy (non-hydrogen) atoms. The number of nitrogens with zero attached hydrogens (tertiary/aromatic N) is 1. The third-order valence-corrected chi connectivity index (χ3v) is 5.27. The number of hydrogen-bond acceptors (Lipinski definition) is 3. The van der Waals surface area contributed by atoms with Gasteiger partial charge in [-0.25, -0.2) is 0 Å². The van der Waals surface area contributed by atoms with Crippen LogP contribution in [0.25, 0.3) is 0 Å². The summed E-state index contributed by atoms with van der Waals surface area (Å²) in [6, 6.07) is 8.05. The van der Waals surface area contributed by atoms with Crippen LogP contribution in [0, 0.1) is 11.3 Å². The first-order valence-corrected chi connectivity index (χ1v) is 8.22. The maximum atomic E-state index is 12.6. The quantitative estimate of drug-likeness (QED) is 0.918. The zero-order valence-electron chi connectivity index (χ0n) is 13.5. The van der Waals surface area contributed by atoms with Gasteiger partial charge in [0, 0.05) is 25.6 Å². The Morgan fingerprint density at radius 1 is 1.30 bits per heavy atom. The number of aryl methyl sites for hydroxylation is 1. The molecule has 1 amide bonds. The van der Waals surface area contributed by atoms with Crippen molar-refractivity contribution in [3.8, 4) is 0 Å². The van der Waals surface area contributed by atoms with Gasteiger partial charge in [0.1, 0.15) is 0 Å². The molecule has 2 heterocycles. The number of fused-ring (bicyclic) bond motifs is 1. The van der Waals surface area contributed by atoms with E-state index >= 15 is 0 Å². The molecule has 0 spiro atoms. The predicted molar refractivity (Wildman–Crippen MR) is 85.1 cm³/mol. The molecule has 0 saturated carbocycles. The summed E-state index contributed by atoms with van der Waals surface area (Å²) in [5.41, 5.74) is 1.40. The van der Waals surface area contributed by atoms with E-state index in [1.54, 1.807) is 4.90 Å². The third-order valence-electron chi connectivity index (χ3n) is 5.27. The van der Waals surface area contributed by atoms with Gasteiger partial charge in [0.05, 0.1) is 18.4 Å². The van der Waals surface area contributed by atoms with E-state index in [2.05, 4.69) is 6.92 Å². The molecule has 5 nitrogen and oxygen atoms in total. The van der Waals surface area contributed by atoms with Crippen molar-refractivity contribution < 1.29 is 19.4 Å². The Morgan fingerprint density at radius 2 is 2.00 bits per heavy atom. The first kappa shape index (κ1) is 16.0. The molecule has 0 radical (unpaired) electrons. The highest BCUT2D eigenvalue weighted by Gasteiger charge is 2.54. The molecule has 2 aliphatic heterocycles. The lowest BCUT2D eigenvalue weighted by atomic mass is 9.74. The van der Waals surface area contributed by atoms with Gasteiger partial charge in [0.15, 0.2) is 0 Å². The van der Waals surface area contributed by atoms with Crippen LogP contribution in [-0.4, -0.2) is 48.2 Å². The Kier molecular flexibility index (Phi) is 4.39. The van der Waals surface area contributed by atoms with Gasteiger partial charge in [-0.05, 0) is 24.0 Å². The Labute approximate surface area is 136 Å². The average Bonchev–Trinajstić information content (AvgIpc) is 2.97. The van der Waals surface area contributed by atoms with Crippen molar-refractivity contribution in [1.29, 1.82) is 0 Å². The number of ether oxygens (including phenoxy) is 1. The summed E-state index contributed by atoms with van der Waals surface area (Å²) in [7, 11) is 0. The molecular weight excluding hydrogens is 294 g/mol. The lowest BCUT2D eigenvalue weighted by Gasteiger charge is -2.33. The van der Waals surface area contributed by atoms with Gasteiger partial charge in [0.2, 0.25) is 5.91 Å². The second kappa shape index (κ2) is 6.32. The average molecular weight is 317 g/mol. The van der Waals surface area contributed by atoms with Crippen molar-refractivity contribution in [2.45, 2.75) is 26.2 Å². The Bertz CT molecular complexity index is 598. The Hall–Kier alpha value is -1.88. The molecule has 1 N–H and O–H groups in total. The number of hydrogen-bond donors (Lipinski definition) is 1. The molecule has 0 aliphatic carbocycles.